The normalized spacial score (nSPS) is 19.1. The van der Waals surface area contributed by atoms with Gasteiger partial charge in [0.1, 0.15) is 0 Å². The van der Waals surface area contributed by atoms with Gasteiger partial charge in [-0.15, -0.1) is 12.4 Å². The van der Waals surface area contributed by atoms with Crippen molar-refractivity contribution in [2.24, 2.45) is 11.7 Å². The van der Waals surface area contributed by atoms with Crippen LogP contribution in [0, 0.1) is 5.92 Å². The summed E-state index contributed by atoms with van der Waals surface area (Å²) in [4.78, 5) is 12.3. The van der Waals surface area contributed by atoms with Crippen molar-refractivity contribution in [3.8, 4) is 0 Å². The second-order valence-corrected chi connectivity index (χ2v) is 5.70. The number of rotatable bonds is 5. The van der Waals surface area contributed by atoms with E-state index in [1.807, 2.05) is 37.3 Å². The van der Waals surface area contributed by atoms with Crippen LogP contribution in [0.2, 0.25) is 0 Å². The lowest BCUT2D eigenvalue weighted by atomic mass is 9.74. The lowest BCUT2D eigenvalue weighted by Crippen LogP contribution is -2.55. The van der Waals surface area contributed by atoms with E-state index >= 15 is 0 Å². The number of hydrogen-bond donors (Lipinski definition) is 2. The summed E-state index contributed by atoms with van der Waals surface area (Å²) in [6.45, 7) is 4.05. The molecule has 1 aliphatic rings. The van der Waals surface area contributed by atoms with E-state index in [9.17, 15) is 4.79 Å². The molecule has 0 aromatic heterocycles. The number of hydrogen-bond acceptors (Lipinski definition) is 2. The Morgan fingerprint density at radius 3 is 2.40 bits per heavy atom. The van der Waals surface area contributed by atoms with Gasteiger partial charge in [0.05, 0.1) is 5.92 Å². The average molecular weight is 297 g/mol. The van der Waals surface area contributed by atoms with E-state index in [1.165, 1.54) is 6.42 Å². The Hall–Kier alpha value is -1.06. The van der Waals surface area contributed by atoms with E-state index in [0.717, 1.165) is 24.8 Å². The Bertz CT molecular complexity index is 426. The number of carbonyl (C=O) groups is 1. The summed E-state index contributed by atoms with van der Waals surface area (Å²) in [6, 6.07) is 9.59. The summed E-state index contributed by atoms with van der Waals surface area (Å²) in [7, 11) is 0. The van der Waals surface area contributed by atoms with Crippen molar-refractivity contribution in [2.45, 2.75) is 51.1 Å². The zero-order valence-electron chi connectivity index (χ0n) is 12.3. The molecular weight excluding hydrogens is 272 g/mol. The van der Waals surface area contributed by atoms with Crippen molar-refractivity contribution >= 4 is 18.3 Å². The quantitative estimate of drug-likeness (QED) is 0.877. The molecule has 3 N–H and O–H groups in total. The fraction of sp³-hybridized carbons (Fsp3) is 0.562. The second kappa shape index (κ2) is 7.09. The van der Waals surface area contributed by atoms with E-state index in [4.69, 9.17) is 5.73 Å². The monoisotopic (exact) mass is 296 g/mol. The van der Waals surface area contributed by atoms with Crippen LogP contribution in [0.5, 0.6) is 0 Å². The summed E-state index contributed by atoms with van der Waals surface area (Å²) < 4.78 is 0. The minimum atomic E-state index is -0.241. The van der Waals surface area contributed by atoms with Crippen LogP contribution < -0.4 is 11.1 Å². The Labute approximate surface area is 127 Å². The first-order valence-corrected chi connectivity index (χ1v) is 7.20. The van der Waals surface area contributed by atoms with Gasteiger partial charge in [-0.25, -0.2) is 0 Å². The highest BCUT2D eigenvalue weighted by molar-refractivity contribution is 5.85. The predicted octanol–water partition coefficient (Wildman–Crippen LogP) is 3.19. The number of nitrogens with one attached hydrogen (secondary N) is 1. The molecule has 2 unspecified atom stereocenters. The van der Waals surface area contributed by atoms with Gasteiger partial charge in [-0.3, -0.25) is 4.79 Å². The van der Waals surface area contributed by atoms with Gasteiger partial charge < -0.3 is 11.1 Å². The first kappa shape index (κ1) is 17.0. The molecule has 0 radical (unpaired) electrons. The van der Waals surface area contributed by atoms with E-state index < -0.39 is 0 Å². The standard InChI is InChI=1S/C16H24N2O.ClH/c1-3-16(10-7-11-16)18-15(19)12(2)14(17)13-8-5-4-6-9-13;/h4-6,8-9,12,14H,3,7,10-11,17H2,1-2H3,(H,18,19);1H. The molecule has 1 aromatic rings. The Balaban J connectivity index is 0.00000200. The largest absolute Gasteiger partial charge is 0.350 e. The van der Waals surface area contributed by atoms with Crippen LogP contribution in [-0.4, -0.2) is 11.4 Å². The summed E-state index contributed by atoms with van der Waals surface area (Å²) >= 11 is 0. The van der Waals surface area contributed by atoms with Crippen LogP contribution in [0.4, 0.5) is 0 Å². The minimum Gasteiger partial charge on any atom is -0.350 e. The maximum absolute atomic E-state index is 12.3. The molecule has 0 spiro atoms. The van der Waals surface area contributed by atoms with Crippen molar-refractivity contribution < 1.29 is 4.79 Å². The average Bonchev–Trinajstić information content (AvgIpc) is 2.42. The molecule has 3 nitrogen and oxygen atoms in total. The van der Waals surface area contributed by atoms with Crippen molar-refractivity contribution in [2.75, 3.05) is 0 Å². The third-order valence-corrected chi connectivity index (χ3v) is 4.51. The van der Waals surface area contributed by atoms with Crippen LogP contribution in [0.1, 0.15) is 51.1 Å². The molecule has 1 fully saturated rings. The predicted molar refractivity (Wildman–Crippen MR) is 84.8 cm³/mol. The van der Waals surface area contributed by atoms with Gasteiger partial charge in [0.15, 0.2) is 0 Å². The number of nitrogens with two attached hydrogens (primary N) is 1. The molecule has 1 amide bonds. The van der Waals surface area contributed by atoms with Crippen LogP contribution in [-0.2, 0) is 4.79 Å². The molecule has 0 saturated heterocycles. The lowest BCUT2D eigenvalue weighted by molar-refractivity contribution is -0.128. The zero-order chi connectivity index (χ0) is 13.9. The molecular formula is C16H25ClN2O. The zero-order valence-corrected chi connectivity index (χ0v) is 13.1. The van der Waals surface area contributed by atoms with Gasteiger partial charge in [0.25, 0.3) is 0 Å². The first-order chi connectivity index (χ1) is 9.08. The molecule has 112 valence electrons. The molecule has 0 aliphatic heterocycles. The minimum absolute atomic E-state index is 0. The topological polar surface area (TPSA) is 55.1 Å². The summed E-state index contributed by atoms with van der Waals surface area (Å²) in [5, 5.41) is 3.21. The second-order valence-electron chi connectivity index (χ2n) is 5.70. The molecule has 20 heavy (non-hydrogen) atoms. The highest BCUT2D eigenvalue weighted by Crippen LogP contribution is 2.35. The summed E-state index contributed by atoms with van der Waals surface area (Å²) in [6.07, 6.45) is 4.42. The van der Waals surface area contributed by atoms with Crippen LogP contribution >= 0.6 is 12.4 Å². The summed E-state index contributed by atoms with van der Waals surface area (Å²) in [5.74, 6) is -0.121. The number of amides is 1. The van der Waals surface area contributed by atoms with Crippen LogP contribution in [0.25, 0.3) is 0 Å². The van der Waals surface area contributed by atoms with E-state index in [0.29, 0.717) is 0 Å². The van der Waals surface area contributed by atoms with Crippen molar-refractivity contribution in [3.05, 3.63) is 35.9 Å². The van der Waals surface area contributed by atoms with Crippen molar-refractivity contribution in [1.29, 1.82) is 0 Å². The molecule has 1 aliphatic carbocycles. The third-order valence-electron chi connectivity index (χ3n) is 4.51. The first-order valence-electron chi connectivity index (χ1n) is 7.20. The smallest absolute Gasteiger partial charge is 0.225 e. The lowest BCUT2D eigenvalue weighted by Gasteiger charge is -2.43. The maximum atomic E-state index is 12.3. The van der Waals surface area contributed by atoms with Crippen molar-refractivity contribution in [3.63, 3.8) is 0 Å². The molecule has 2 atom stereocenters. The SMILES string of the molecule is CCC1(NC(=O)C(C)C(N)c2ccccc2)CCC1.Cl. The molecule has 1 saturated carbocycles. The van der Waals surface area contributed by atoms with E-state index in [-0.39, 0.29) is 35.8 Å². The van der Waals surface area contributed by atoms with Crippen LogP contribution in [0.15, 0.2) is 30.3 Å². The number of benzene rings is 1. The Morgan fingerprint density at radius 1 is 1.35 bits per heavy atom. The molecule has 0 bridgehead atoms. The molecule has 4 heteroatoms. The fourth-order valence-corrected chi connectivity index (χ4v) is 2.67. The van der Waals surface area contributed by atoms with E-state index in [1.54, 1.807) is 0 Å². The fourth-order valence-electron chi connectivity index (χ4n) is 2.67. The van der Waals surface area contributed by atoms with Gasteiger partial charge in [-0.05, 0) is 31.2 Å². The highest BCUT2D eigenvalue weighted by Gasteiger charge is 2.38. The maximum Gasteiger partial charge on any atom is 0.225 e. The Morgan fingerprint density at radius 2 is 1.95 bits per heavy atom. The molecule has 2 rings (SSSR count). The number of carbonyl (C=O) groups excluding carboxylic acids is 1. The van der Waals surface area contributed by atoms with Crippen LogP contribution in [0.3, 0.4) is 0 Å². The van der Waals surface area contributed by atoms with Gasteiger partial charge in [-0.1, -0.05) is 44.2 Å². The molecule has 1 aromatic carbocycles. The number of halogens is 1. The van der Waals surface area contributed by atoms with Gasteiger partial charge in [-0.2, -0.15) is 0 Å². The highest BCUT2D eigenvalue weighted by atomic mass is 35.5. The summed E-state index contributed by atoms with van der Waals surface area (Å²) in [5.41, 5.74) is 7.26. The van der Waals surface area contributed by atoms with Gasteiger partial charge in [0, 0.05) is 11.6 Å². The van der Waals surface area contributed by atoms with Gasteiger partial charge >= 0.3 is 0 Å². The van der Waals surface area contributed by atoms with E-state index in [2.05, 4.69) is 12.2 Å². The van der Waals surface area contributed by atoms with Crippen molar-refractivity contribution in [1.82, 2.24) is 5.32 Å². The Kier molecular flexibility index (Phi) is 6.03. The van der Waals surface area contributed by atoms with Gasteiger partial charge in [0.2, 0.25) is 5.91 Å². The third kappa shape index (κ3) is 3.53. The molecule has 0 heterocycles.